The molecule has 0 unspecified atom stereocenters. The Morgan fingerprint density at radius 2 is 1.92 bits per heavy atom. The molecule has 1 saturated heterocycles. The van der Waals surface area contributed by atoms with Gasteiger partial charge in [-0.3, -0.25) is 19.1 Å². The molecule has 1 aliphatic heterocycles. The van der Waals surface area contributed by atoms with Gasteiger partial charge >= 0.3 is 5.69 Å². The number of carbonyl (C=O) groups is 1. The van der Waals surface area contributed by atoms with Gasteiger partial charge in [0.25, 0.3) is 5.56 Å². The van der Waals surface area contributed by atoms with Crippen molar-refractivity contribution in [2.75, 3.05) is 26.2 Å². The van der Waals surface area contributed by atoms with Gasteiger partial charge in [-0.2, -0.15) is 11.3 Å². The van der Waals surface area contributed by atoms with Crippen LogP contribution < -0.4 is 11.2 Å². The zero-order valence-corrected chi connectivity index (χ0v) is 15.7. The lowest BCUT2D eigenvalue weighted by Crippen LogP contribution is -2.47. The molecular weight excluding hydrogens is 352 g/mol. The minimum absolute atomic E-state index is 0.115. The molecule has 1 amide bonds. The van der Waals surface area contributed by atoms with Crippen LogP contribution in [-0.4, -0.2) is 51.0 Å². The Morgan fingerprint density at radius 1 is 1.19 bits per heavy atom. The molecule has 26 heavy (non-hydrogen) atoms. The van der Waals surface area contributed by atoms with Gasteiger partial charge < -0.3 is 9.47 Å². The number of amides is 1. The predicted octanol–water partition coefficient (Wildman–Crippen LogP) is 0.503. The van der Waals surface area contributed by atoms with Crippen LogP contribution >= 0.6 is 11.3 Å². The summed E-state index contributed by atoms with van der Waals surface area (Å²) in [5.74, 6) is -0.115. The van der Waals surface area contributed by atoms with Gasteiger partial charge in [0, 0.05) is 59.1 Å². The van der Waals surface area contributed by atoms with Crippen molar-refractivity contribution in [3.05, 3.63) is 61.1 Å². The summed E-state index contributed by atoms with van der Waals surface area (Å²) < 4.78 is 2.36. The van der Waals surface area contributed by atoms with Crippen molar-refractivity contribution in [1.82, 2.24) is 18.9 Å². The molecule has 0 aliphatic carbocycles. The Balaban J connectivity index is 1.60. The first-order valence-corrected chi connectivity index (χ1v) is 9.37. The molecule has 0 spiro atoms. The molecule has 1 fully saturated rings. The second kappa shape index (κ2) is 7.84. The summed E-state index contributed by atoms with van der Waals surface area (Å²) in [6.07, 6.45) is 4.35. The van der Waals surface area contributed by atoms with Gasteiger partial charge in [0.1, 0.15) is 0 Å². The van der Waals surface area contributed by atoms with E-state index >= 15 is 0 Å². The number of rotatable bonds is 4. The smallest absolute Gasteiger partial charge is 0.330 e. The highest BCUT2D eigenvalue weighted by atomic mass is 32.1. The number of hydrogen-bond donors (Lipinski definition) is 0. The summed E-state index contributed by atoms with van der Waals surface area (Å²) in [6, 6.07) is 2.12. The monoisotopic (exact) mass is 374 g/mol. The minimum atomic E-state index is -0.405. The van der Waals surface area contributed by atoms with E-state index in [9.17, 15) is 14.4 Å². The van der Waals surface area contributed by atoms with Crippen LogP contribution in [0.25, 0.3) is 6.08 Å². The van der Waals surface area contributed by atoms with Gasteiger partial charge in [0.05, 0.1) is 5.56 Å². The third kappa shape index (κ3) is 4.03. The van der Waals surface area contributed by atoms with E-state index in [1.807, 2.05) is 0 Å². The molecule has 2 aromatic heterocycles. The maximum Gasteiger partial charge on any atom is 0.330 e. The molecular formula is C18H22N4O3S. The molecule has 0 radical (unpaired) electrons. The van der Waals surface area contributed by atoms with Gasteiger partial charge in [-0.05, 0) is 28.5 Å². The largest absolute Gasteiger partial charge is 0.337 e. The van der Waals surface area contributed by atoms with Crippen molar-refractivity contribution in [2.24, 2.45) is 14.1 Å². The van der Waals surface area contributed by atoms with E-state index in [1.165, 1.54) is 35.5 Å². The maximum atomic E-state index is 12.4. The van der Waals surface area contributed by atoms with Crippen molar-refractivity contribution in [1.29, 1.82) is 0 Å². The molecule has 138 valence electrons. The fourth-order valence-corrected chi connectivity index (χ4v) is 3.64. The summed E-state index contributed by atoms with van der Waals surface area (Å²) in [5, 5.41) is 4.22. The molecule has 0 atom stereocenters. The molecule has 1 aliphatic rings. The average Bonchev–Trinajstić information content (AvgIpc) is 3.15. The number of carbonyl (C=O) groups excluding carboxylic acids is 1. The van der Waals surface area contributed by atoms with E-state index in [2.05, 4.69) is 21.7 Å². The molecule has 8 heteroatoms. The highest BCUT2D eigenvalue weighted by Crippen LogP contribution is 2.12. The number of piperazine rings is 1. The first-order valence-electron chi connectivity index (χ1n) is 8.43. The molecule has 3 rings (SSSR count). The van der Waals surface area contributed by atoms with Crippen molar-refractivity contribution in [3.63, 3.8) is 0 Å². The third-order valence-electron chi connectivity index (χ3n) is 4.55. The first kappa shape index (κ1) is 18.3. The van der Waals surface area contributed by atoms with Crippen molar-refractivity contribution in [3.8, 4) is 0 Å². The van der Waals surface area contributed by atoms with Crippen LogP contribution in [0.2, 0.25) is 0 Å². The van der Waals surface area contributed by atoms with Gasteiger partial charge in [0.15, 0.2) is 0 Å². The van der Waals surface area contributed by atoms with Crippen LogP contribution in [0.4, 0.5) is 0 Å². The van der Waals surface area contributed by atoms with Crippen molar-refractivity contribution < 1.29 is 4.79 Å². The molecule has 0 saturated carbocycles. The minimum Gasteiger partial charge on any atom is -0.337 e. The van der Waals surface area contributed by atoms with Crippen LogP contribution in [-0.2, 0) is 25.4 Å². The van der Waals surface area contributed by atoms with Crippen LogP contribution in [0, 0.1) is 0 Å². The van der Waals surface area contributed by atoms with Crippen LogP contribution in [0.5, 0.6) is 0 Å². The van der Waals surface area contributed by atoms with Gasteiger partial charge in [-0.1, -0.05) is 0 Å². The highest BCUT2D eigenvalue weighted by molar-refractivity contribution is 7.07. The topological polar surface area (TPSA) is 67.6 Å². The Labute approximate surface area is 155 Å². The Hall–Kier alpha value is -2.45. The van der Waals surface area contributed by atoms with E-state index in [4.69, 9.17) is 0 Å². The molecule has 0 bridgehead atoms. The van der Waals surface area contributed by atoms with E-state index in [0.717, 1.165) is 24.2 Å². The molecule has 0 aromatic carbocycles. The lowest BCUT2D eigenvalue weighted by molar-refractivity contribution is -0.127. The molecule has 3 heterocycles. The van der Waals surface area contributed by atoms with Crippen molar-refractivity contribution in [2.45, 2.75) is 6.54 Å². The lowest BCUT2D eigenvalue weighted by atomic mass is 10.2. The quantitative estimate of drug-likeness (QED) is 0.731. The zero-order valence-electron chi connectivity index (χ0n) is 14.9. The van der Waals surface area contributed by atoms with Gasteiger partial charge in [-0.25, -0.2) is 4.79 Å². The summed E-state index contributed by atoms with van der Waals surface area (Å²) in [4.78, 5) is 40.3. The van der Waals surface area contributed by atoms with Gasteiger partial charge in [-0.15, -0.1) is 0 Å². The average molecular weight is 374 g/mol. The molecule has 7 nitrogen and oxygen atoms in total. The maximum absolute atomic E-state index is 12.4. The SMILES string of the molecule is Cn1cc(/C=C/C(=O)N2CCN(Cc3ccsc3)CC2)c(=O)n(C)c1=O. The third-order valence-corrected chi connectivity index (χ3v) is 5.28. The normalized spacial score (nSPS) is 15.7. The van der Waals surface area contributed by atoms with Gasteiger partial charge in [0.2, 0.25) is 5.91 Å². The number of aryl methyl sites for hydroxylation is 1. The second-order valence-corrected chi connectivity index (χ2v) is 7.19. The number of aromatic nitrogens is 2. The number of thiophene rings is 1. The highest BCUT2D eigenvalue weighted by Gasteiger charge is 2.19. The zero-order chi connectivity index (χ0) is 18.7. The standard InChI is InChI=1S/C18H22N4O3S/c1-19-12-15(17(24)20(2)18(19)25)3-4-16(23)22-8-6-21(7-9-22)11-14-5-10-26-13-14/h3-5,10,12-13H,6-9,11H2,1-2H3/b4-3+. The molecule has 2 aromatic rings. The predicted molar refractivity (Wildman–Crippen MR) is 102 cm³/mol. The first-order chi connectivity index (χ1) is 12.5. The number of hydrogen-bond acceptors (Lipinski definition) is 5. The summed E-state index contributed by atoms with van der Waals surface area (Å²) in [7, 11) is 3.00. The van der Waals surface area contributed by atoms with E-state index in [-0.39, 0.29) is 11.6 Å². The van der Waals surface area contributed by atoms with E-state index in [1.54, 1.807) is 23.3 Å². The summed E-state index contributed by atoms with van der Waals surface area (Å²) in [6.45, 7) is 3.90. The Morgan fingerprint density at radius 3 is 2.58 bits per heavy atom. The summed E-state index contributed by atoms with van der Waals surface area (Å²) in [5.41, 5.74) is 0.831. The van der Waals surface area contributed by atoms with E-state index in [0.29, 0.717) is 18.7 Å². The van der Waals surface area contributed by atoms with E-state index < -0.39 is 5.56 Å². The number of nitrogens with zero attached hydrogens (tertiary/aromatic N) is 4. The van der Waals surface area contributed by atoms with Crippen molar-refractivity contribution >= 4 is 23.3 Å². The van der Waals surface area contributed by atoms with Crippen LogP contribution in [0.3, 0.4) is 0 Å². The van der Waals surface area contributed by atoms with Crippen LogP contribution in [0.15, 0.2) is 38.7 Å². The molecule has 0 N–H and O–H groups in total. The fourth-order valence-electron chi connectivity index (χ4n) is 2.98. The summed E-state index contributed by atoms with van der Waals surface area (Å²) >= 11 is 1.69. The van der Waals surface area contributed by atoms with Crippen LogP contribution in [0.1, 0.15) is 11.1 Å². The second-order valence-electron chi connectivity index (χ2n) is 6.41. The Bertz CT molecular complexity index is 919. The Kier molecular flexibility index (Phi) is 5.53. The fraction of sp³-hybridized carbons (Fsp3) is 0.389. The lowest BCUT2D eigenvalue weighted by Gasteiger charge is -2.34.